The third-order valence-corrected chi connectivity index (χ3v) is 4.18. The maximum Gasteiger partial charge on any atom is 0.341 e. The third kappa shape index (κ3) is 3.10. The lowest BCUT2D eigenvalue weighted by atomic mass is 10.1. The van der Waals surface area contributed by atoms with Crippen LogP contribution in [0.15, 0.2) is 59.4 Å². The van der Waals surface area contributed by atoms with Gasteiger partial charge in [0.15, 0.2) is 0 Å². The molecule has 4 rings (SSSR count). The van der Waals surface area contributed by atoms with Crippen LogP contribution >= 0.6 is 0 Å². The standard InChI is InChI=1S/C20H15N3O4/c1-26-20(25)15-6-2-4-12-8-14(27-18(12)15)10-23-19(24)16-11-21-9-13-5-3-7-22-17(13)16/h2-9,11H,10H2,1H3,(H,23,24). The number of nitrogens with one attached hydrogen (secondary N) is 1. The summed E-state index contributed by atoms with van der Waals surface area (Å²) in [6.07, 6.45) is 4.78. The highest BCUT2D eigenvalue weighted by atomic mass is 16.5. The number of hydrogen-bond acceptors (Lipinski definition) is 6. The molecule has 0 fully saturated rings. The zero-order chi connectivity index (χ0) is 18.8. The molecular weight excluding hydrogens is 346 g/mol. The summed E-state index contributed by atoms with van der Waals surface area (Å²) in [5.41, 5.74) is 1.75. The van der Waals surface area contributed by atoms with Crippen molar-refractivity contribution >= 4 is 33.7 Å². The Balaban J connectivity index is 1.58. The van der Waals surface area contributed by atoms with Crippen LogP contribution < -0.4 is 5.32 Å². The fourth-order valence-electron chi connectivity index (χ4n) is 2.90. The molecule has 0 aliphatic rings. The average molecular weight is 361 g/mol. The second kappa shape index (κ2) is 6.87. The first kappa shape index (κ1) is 16.7. The number of furan rings is 1. The van der Waals surface area contributed by atoms with Crippen molar-refractivity contribution in [1.82, 2.24) is 15.3 Å². The number of nitrogens with zero attached hydrogens (tertiary/aromatic N) is 2. The minimum absolute atomic E-state index is 0.164. The number of pyridine rings is 2. The van der Waals surface area contributed by atoms with Gasteiger partial charge in [0.2, 0.25) is 0 Å². The zero-order valence-corrected chi connectivity index (χ0v) is 14.4. The first-order chi connectivity index (χ1) is 13.2. The molecule has 1 aromatic carbocycles. The summed E-state index contributed by atoms with van der Waals surface area (Å²) in [6.45, 7) is 0.164. The number of rotatable bonds is 4. The number of ether oxygens (including phenoxy) is 1. The second-order valence-electron chi connectivity index (χ2n) is 5.87. The van der Waals surface area contributed by atoms with E-state index in [1.807, 2.05) is 12.1 Å². The molecule has 7 heteroatoms. The van der Waals surface area contributed by atoms with E-state index in [2.05, 4.69) is 15.3 Å². The van der Waals surface area contributed by atoms with E-state index in [-0.39, 0.29) is 12.5 Å². The van der Waals surface area contributed by atoms with Crippen molar-refractivity contribution in [2.45, 2.75) is 6.54 Å². The third-order valence-electron chi connectivity index (χ3n) is 4.18. The van der Waals surface area contributed by atoms with E-state index in [4.69, 9.17) is 9.15 Å². The fraction of sp³-hybridized carbons (Fsp3) is 0.100. The van der Waals surface area contributed by atoms with Crippen LogP contribution in [-0.2, 0) is 11.3 Å². The van der Waals surface area contributed by atoms with Crippen molar-refractivity contribution in [3.8, 4) is 0 Å². The molecule has 0 bridgehead atoms. The van der Waals surface area contributed by atoms with Gasteiger partial charge in [-0.05, 0) is 24.3 Å². The highest BCUT2D eigenvalue weighted by Crippen LogP contribution is 2.24. The number of carbonyl (C=O) groups is 2. The van der Waals surface area contributed by atoms with E-state index in [9.17, 15) is 9.59 Å². The van der Waals surface area contributed by atoms with Gasteiger partial charge in [-0.1, -0.05) is 12.1 Å². The molecule has 0 aliphatic carbocycles. The number of methoxy groups -OCH3 is 1. The molecule has 1 amide bonds. The van der Waals surface area contributed by atoms with Crippen molar-refractivity contribution < 1.29 is 18.7 Å². The number of carbonyl (C=O) groups excluding carboxylic acids is 2. The van der Waals surface area contributed by atoms with Gasteiger partial charge in [-0.2, -0.15) is 0 Å². The fourth-order valence-corrected chi connectivity index (χ4v) is 2.90. The SMILES string of the molecule is COC(=O)c1cccc2cc(CNC(=O)c3cncc4cccnc34)oc12. The number of fused-ring (bicyclic) bond motifs is 2. The number of para-hydroxylation sites is 1. The van der Waals surface area contributed by atoms with Gasteiger partial charge in [0.25, 0.3) is 5.91 Å². The van der Waals surface area contributed by atoms with E-state index >= 15 is 0 Å². The van der Waals surface area contributed by atoms with Crippen molar-refractivity contribution in [2.75, 3.05) is 7.11 Å². The quantitative estimate of drug-likeness (QED) is 0.561. The van der Waals surface area contributed by atoms with Gasteiger partial charge in [0, 0.05) is 29.4 Å². The van der Waals surface area contributed by atoms with Gasteiger partial charge < -0.3 is 14.5 Å². The van der Waals surface area contributed by atoms with Gasteiger partial charge in [-0.25, -0.2) is 4.79 Å². The van der Waals surface area contributed by atoms with Gasteiger partial charge in [-0.15, -0.1) is 0 Å². The normalized spacial score (nSPS) is 10.9. The lowest BCUT2D eigenvalue weighted by Gasteiger charge is -2.05. The molecule has 0 spiro atoms. The van der Waals surface area contributed by atoms with E-state index in [0.717, 1.165) is 10.8 Å². The number of esters is 1. The number of hydrogen-bond donors (Lipinski definition) is 1. The van der Waals surface area contributed by atoms with Gasteiger partial charge in [-0.3, -0.25) is 14.8 Å². The highest BCUT2D eigenvalue weighted by Gasteiger charge is 2.16. The molecule has 1 N–H and O–H groups in total. The number of amides is 1. The lowest BCUT2D eigenvalue weighted by Crippen LogP contribution is -2.23. The summed E-state index contributed by atoms with van der Waals surface area (Å²) < 4.78 is 10.5. The molecule has 0 saturated carbocycles. The van der Waals surface area contributed by atoms with E-state index < -0.39 is 5.97 Å². The molecule has 0 saturated heterocycles. The smallest absolute Gasteiger partial charge is 0.341 e. The van der Waals surface area contributed by atoms with Crippen molar-refractivity contribution in [3.63, 3.8) is 0 Å². The maximum atomic E-state index is 12.6. The molecule has 134 valence electrons. The molecule has 0 aliphatic heterocycles. The van der Waals surface area contributed by atoms with Gasteiger partial charge in [0.1, 0.15) is 16.9 Å². The molecule has 0 atom stereocenters. The monoisotopic (exact) mass is 361 g/mol. The average Bonchev–Trinajstić information content (AvgIpc) is 3.14. The van der Waals surface area contributed by atoms with Crippen molar-refractivity contribution in [3.05, 3.63) is 71.9 Å². The van der Waals surface area contributed by atoms with E-state index in [0.29, 0.717) is 28.0 Å². The number of aromatic nitrogens is 2. The molecular formula is C20H15N3O4. The Bertz CT molecular complexity index is 1160. The minimum atomic E-state index is -0.474. The van der Waals surface area contributed by atoms with Gasteiger partial charge in [0.05, 0.1) is 24.7 Å². The Labute approximate surface area is 154 Å². The molecule has 0 radical (unpaired) electrons. The van der Waals surface area contributed by atoms with Crippen LogP contribution in [0.25, 0.3) is 21.9 Å². The topological polar surface area (TPSA) is 94.3 Å². The Hall–Kier alpha value is -3.74. The number of benzene rings is 1. The second-order valence-corrected chi connectivity index (χ2v) is 5.87. The molecule has 3 heterocycles. The summed E-state index contributed by atoms with van der Waals surface area (Å²) >= 11 is 0. The predicted molar refractivity (Wildman–Crippen MR) is 98.3 cm³/mol. The van der Waals surface area contributed by atoms with Gasteiger partial charge >= 0.3 is 5.97 Å². The molecule has 4 aromatic rings. The first-order valence-corrected chi connectivity index (χ1v) is 8.24. The van der Waals surface area contributed by atoms with Crippen LogP contribution in [0.3, 0.4) is 0 Å². The Kier molecular flexibility index (Phi) is 4.25. The van der Waals surface area contributed by atoms with E-state index in [1.54, 1.807) is 36.7 Å². The van der Waals surface area contributed by atoms with Crippen LogP contribution in [0.1, 0.15) is 26.5 Å². The summed E-state index contributed by atoms with van der Waals surface area (Å²) in [7, 11) is 1.32. The molecule has 3 aromatic heterocycles. The van der Waals surface area contributed by atoms with Crippen molar-refractivity contribution in [1.29, 1.82) is 0 Å². The Morgan fingerprint density at radius 2 is 1.96 bits per heavy atom. The van der Waals surface area contributed by atoms with Crippen LogP contribution in [0, 0.1) is 0 Å². The summed E-state index contributed by atoms with van der Waals surface area (Å²) in [5, 5.41) is 4.35. The molecule has 27 heavy (non-hydrogen) atoms. The predicted octanol–water partition coefficient (Wildman–Crippen LogP) is 3.09. The zero-order valence-electron chi connectivity index (χ0n) is 14.4. The lowest BCUT2D eigenvalue weighted by molar-refractivity contribution is 0.0601. The van der Waals surface area contributed by atoms with Crippen LogP contribution in [0.2, 0.25) is 0 Å². The minimum Gasteiger partial charge on any atom is -0.465 e. The van der Waals surface area contributed by atoms with Crippen LogP contribution in [0.5, 0.6) is 0 Å². The summed E-state index contributed by atoms with van der Waals surface area (Å²) in [6, 6.07) is 10.6. The Morgan fingerprint density at radius 3 is 2.81 bits per heavy atom. The van der Waals surface area contributed by atoms with Crippen LogP contribution in [-0.4, -0.2) is 29.0 Å². The summed E-state index contributed by atoms with van der Waals surface area (Å²) in [5.74, 6) is -0.255. The Morgan fingerprint density at radius 1 is 1.11 bits per heavy atom. The molecule has 0 unspecified atom stereocenters. The van der Waals surface area contributed by atoms with Crippen LogP contribution in [0.4, 0.5) is 0 Å². The first-order valence-electron chi connectivity index (χ1n) is 8.24. The summed E-state index contributed by atoms with van der Waals surface area (Å²) in [4.78, 5) is 32.8. The van der Waals surface area contributed by atoms with Crippen molar-refractivity contribution in [2.24, 2.45) is 0 Å². The largest absolute Gasteiger partial charge is 0.465 e. The molecule has 7 nitrogen and oxygen atoms in total. The highest BCUT2D eigenvalue weighted by molar-refractivity contribution is 6.05. The van der Waals surface area contributed by atoms with E-state index in [1.165, 1.54) is 13.3 Å². The maximum absolute atomic E-state index is 12.6.